The van der Waals surface area contributed by atoms with Gasteiger partial charge in [-0.3, -0.25) is 9.59 Å². The molecule has 1 amide bonds. The highest BCUT2D eigenvalue weighted by molar-refractivity contribution is 6.01. The van der Waals surface area contributed by atoms with E-state index in [0.29, 0.717) is 37.9 Å². The third kappa shape index (κ3) is 3.57. The number of rotatable bonds is 3. The summed E-state index contributed by atoms with van der Waals surface area (Å²) >= 11 is 0. The van der Waals surface area contributed by atoms with Gasteiger partial charge in [0.05, 0.1) is 17.4 Å². The minimum absolute atomic E-state index is 0.0777. The van der Waals surface area contributed by atoms with Crippen LogP contribution in [0.3, 0.4) is 0 Å². The number of benzene rings is 1. The lowest BCUT2D eigenvalue weighted by atomic mass is 9.75. The maximum absolute atomic E-state index is 12.7. The van der Waals surface area contributed by atoms with E-state index in [0.717, 1.165) is 34.6 Å². The molecule has 1 aliphatic carbocycles. The Balaban J connectivity index is 1.81. The number of anilines is 1. The number of carbonyl (C=O) groups is 2. The summed E-state index contributed by atoms with van der Waals surface area (Å²) in [5.74, 6) is -0.258. The number of nitrogens with zero attached hydrogens (tertiary/aromatic N) is 2. The molecule has 0 radical (unpaired) electrons. The molecular weight excluding hydrogens is 366 g/mol. The Morgan fingerprint density at radius 2 is 1.90 bits per heavy atom. The summed E-state index contributed by atoms with van der Waals surface area (Å²) in [6.07, 6.45) is 4.45. The lowest BCUT2D eigenvalue weighted by molar-refractivity contribution is 0.0909. The largest absolute Gasteiger partial charge is 0.393 e. The molecule has 1 saturated heterocycles. The molecule has 29 heavy (non-hydrogen) atoms. The van der Waals surface area contributed by atoms with E-state index in [1.54, 1.807) is 6.07 Å². The summed E-state index contributed by atoms with van der Waals surface area (Å²) in [6.45, 7) is 7.59. The summed E-state index contributed by atoms with van der Waals surface area (Å²) in [7, 11) is 0. The number of nitrogens with two attached hydrogens (primary N) is 1. The SMILES string of the molecule is Cc1cn(-c2ccc(C(N)=O)c(N3CCC(O)CC3)c2)c2c1C(=O)CC(C)(C)C2. The number of aryl methyl sites for hydroxylation is 1. The van der Waals surface area contributed by atoms with Crippen LogP contribution in [0, 0.1) is 12.3 Å². The Morgan fingerprint density at radius 3 is 2.55 bits per heavy atom. The van der Waals surface area contributed by atoms with Crippen molar-refractivity contribution in [2.45, 2.75) is 52.6 Å². The van der Waals surface area contributed by atoms with E-state index < -0.39 is 5.91 Å². The van der Waals surface area contributed by atoms with Crippen LogP contribution in [-0.2, 0) is 6.42 Å². The fourth-order valence-corrected chi connectivity index (χ4v) is 4.75. The standard InChI is InChI=1S/C23H29N3O3/c1-14-13-26(19-11-23(2,3)12-20(28)21(14)19)15-4-5-17(22(24)29)18(10-15)25-8-6-16(27)7-9-25/h4-5,10,13,16,27H,6-9,11-12H2,1-3H3,(H2,24,29). The van der Waals surface area contributed by atoms with Gasteiger partial charge in [0.2, 0.25) is 0 Å². The molecule has 0 unspecified atom stereocenters. The van der Waals surface area contributed by atoms with Gasteiger partial charge in [-0.05, 0) is 55.4 Å². The Hall–Kier alpha value is -2.60. The molecule has 0 saturated carbocycles. The zero-order chi connectivity index (χ0) is 20.9. The van der Waals surface area contributed by atoms with E-state index in [-0.39, 0.29) is 17.3 Å². The van der Waals surface area contributed by atoms with Crippen LogP contribution in [-0.4, -0.2) is 40.6 Å². The molecule has 1 aliphatic heterocycles. The molecule has 2 aromatic rings. The number of carbonyl (C=O) groups excluding carboxylic acids is 2. The van der Waals surface area contributed by atoms with Crippen LogP contribution in [0.25, 0.3) is 5.69 Å². The predicted octanol–water partition coefficient (Wildman–Crippen LogP) is 3.00. The van der Waals surface area contributed by atoms with E-state index in [2.05, 4.69) is 23.3 Å². The van der Waals surface area contributed by atoms with Gasteiger partial charge in [-0.2, -0.15) is 0 Å². The van der Waals surface area contributed by atoms with Crippen LogP contribution < -0.4 is 10.6 Å². The van der Waals surface area contributed by atoms with Crippen LogP contribution in [0.2, 0.25) is 0 Å². The van der Waals surface area contributed by atoms with Gasteiger partial charge >= 0.3 is 0 Å². The van der Waals surface area contributed by atoms with E-state index in [4.69, 9.17) is 5.73 Å². The third-order valence-electron chi connectivity index (χ3n) is 6.19. The molecule has 2 heterocycles. The van der Waals surface area contributed by atoms with Gasteiger partial charge in [0.15, 0.2) is 5.78 Å². The monoisotopic (exact) mass is 395 g/mol. The Morgan fingerprint density at radius 1 is 1.21 bits per heavy atom. The maximum Gasteiger partial charge on any atom is 0.250 e. The van der Waals surface area contributed by atoms with Crippen molar-refractivity contribution in [3.63, 3.8) is 0 Å². The van der Waals surface area contributed by atoms with Crippen molar-refractivity contribution < 1.29 is 14.7 Å². The molecule has 6 nitrogen and oxygen atoms in total. The summed E-state index contributed by atoms with van der Waals surface area (Å²) in [4.78, 5) is 26.9. The fourth-order valence-electron chi connectivity index (χ4n) is 4.75. The van der Waals surface area contributed by atoms with E-state index in [1.807, 2.05) is 25.3 Å². The predicted molar refractivity (Wildman–Crippen MR) is 113 cm³/mol. The quantitative estimate of drug-likeness (QED) is 0.836. The van der Waals surface area contributed by atoms with Crippen molar-refractivity contribution in [1.82, 2.24) is 4.57 Å². The Labute approximate surface area is 171 Å². The van der Waals surface area contributed by atoms with Crippen molar-refractivity contribution in [3.05, 3.63) is 46.8 Å². The second-order valence-corrected chi connectivity index (χ2v) is 9.23. The van der Waals surface area contributed by atoms with Gasteiger partial charge in [0.25, 0.3) is 5.91 Å². The topological polar surface area (TPSA) is 88.6 Å². The van der Waals surface area contributed by atoms with Crippen molar-refractivity contribution in [2.24, 2.45) is 11.1 Å². The third-order valence-corrected chi connectivity index (χ3v) is 6.19. The van der Waals surface area contributed by atoms with Gasteiger partial charge in [-0.25, -0.2) is 0 Å². The molecule has 1 aromatic heterocycles. The molecule has 0 bridgehead atoms. The van der Waals surface area contributed by atoms with Gasteiger partial charge in [0, 0.05) is 42.7 Å². The Kier molecular flexibility index (Phi) is 4.77. The molecule has 6 heteroatoms. The number of primary amides is 1. The first kappa shape index (κ1) is 19.7. The summed E-state index contributed by atoms with van der Waals surface area (Å²) < 4.78 is 2.09. The fraction of sp³-hybridized carbons (Fsp3) is 0.478. The molecule has 4 rings (SSSR count). The number of Topliss-reactive ketones (excluding diaryl/α,β-unsaturated/α-hetero) is 1. The number of aliphatic hydroxyl groups is 1. The number of hydrogen-bond donors (Lipinski definition) is 2. The molecule has 0 spiro atoms. The van der Waals surface area contributed by atoms with Gasteiger partial charge in [0.1, 0.15) is 0 Å². The first-order valence-corrected chi connectivity index (χ1v) is 10.3. The highest BCUT2D eigenvalue weighted by Gasteiger charge is 2.35. The Bertz CT molecular complexity index is 981. The van der Waals surface area contributed by atoms with Crippen LogP contribution in [0.5, 0.6) is 0 Å². The molecule has 1 fully saturated rings. The second kappa shape index (κ2) is 7.02. The molecular formula is C23H29N3O3. The van der Waals surface area contributed by atoms with Crippen molar-refractivity contribution in [1.29, 1.82) is 0 Å². The number of piperidine rings is 1. The van der Waals surface area contributed by atoms with Crippen LogP contribution in [0.1, 0.15) is 65.1 Å². The zero-order valence-corrected chi connectivity index (χ0v) is 17.4. The summed E-state index contributed by atoms with van der Waals surface area (Å²) in [5.41, 5.74) is 10.6. The van der Waals surface area contributed by atoms with E-state index >= 15 is 0 Å². The maximum atomic E-state index is 12.7. The van der Waals surface area contributed by atoms with Crippen molar-refractivity contribution in [3.8, 4) is 5.69 Å². The summed E-state index contributed by atoms with van der Waals surface area (Å²) in [6, 6.07) is 5.66. The highest BCUT2D eigenvalue weighted by atomic mass is 16.3. The smallest absolute Gasteiger partial charge is 0.250 e. The zero-order valence-electron chi connectivity index (χ0n) is 17.4. The molecule has 0 atom stereocenters. The minimum Gasteiger partial charge on any atom is -0.393 e. The molecule has 3 N–H and O–H groups in total. The lowest BCUT2D eigenvalue weighted by Crippen LogP contribution is -2.37. The van der Waals surface area contributed by atoms with Gasteiger partial charge in [-0.15, -0.1) is 0 Å². The van der Waals surface area contributed by atoms with Crippen molar-refractivity contribution >= 4 is 17.4 Å². The molecule has 154 valence electrons. The number of aliphatic hydroxyl groups excluding tert-OH is 1. The molecule has 2 aliphatic rings. The normalized spacial score (nSPS) is 19.3. The first-order chi connectivity index (χ1) is 13.7. The number of aromatic nitrogens is 1. The number of hydrogen-bond acceptors (Lipinski definition) is 4. The minimum atomic E-state index is -0.459. The number of amides is 1. The lowest BCUT2D eigenvalue weighted by Gasteiger charge is -2.33. The first-order valence-electron chi connectivity index (χ1n) is 10.3. The number of fused-ring (bicyclic) bond motifs is 1. The van der Waals surface area contributed by atoms with E-state index in [1.165, 1.54) is 0 Å². The van der Waals surface area contributed by atoms with Crippen LogP contribution >= 0.6 is 0 Å². The number of ketones is 1. The van der Waals surface area contributed by atoms with Crippen molar-refractivity contribution in [2.75, 3.05) is 18.0 Å². The average molecular weight is 396 g/mol. The van der Waals surface area contributed by atoms with Crippen LogP contribution in [0.15, 0.2) is 24.4 Å². The second-order valence-electron chi connectivity index (χ2n) is 9.23. The van der Waals surface area contributed by atoms with Crippen LogP contribution in [0.4, 0.5) is 5.69 Å². The van der Waals surface area contributed by atoms with E-state index in [9.17, 15) is 14.7 Å². The summed E-state index contributed by atoms with van der Waals surface area (Å²) in [5, 5.41) is 9.84. The molecule has 1 aromatic carbocycles. The van der Waals surface area contributed by atoms with Gasteiger partial charge in [-0.1, -0.05) is 13.8 Å². The van der Waals surface area contributed by atoms with Gasteiger partial charge < -0.3 is 20.3 Å². The average Bonchev–Trinajstić information content (AvgIpc) is 2.97. The highest BCUT2D eigenvalue weighted by Crippen LogP contribution is 2.38.